The van der Waals surface area contributed by atoms with E-state index in [9.17, 15) is 26.3 Å². The molecule has 12 heteroatoms. The number of nitrogens with zero attached hydrogens (tertiary/aromatic N) is 3. The van der Waals surface area contributed by atoms with Crippen LogP contribution in [0.2, 0.25) is 5.15 Å². The van der Waals surface area contributed by atoms with Crippen LogP contribution in [0.3, 0.4) is 0 Å². The molecule has 0 aliphatic heterocycles. The van der Waals surface area contributed by atoms with E-state index in [-0.39, 0.29) is 21.9 Å². The van der Waals surface area contributed by atoms with Crippen LogP contribution >= 0.6 is 11.6 Å². The van der Waals surface area contributed by atoms with E-state index in [1.54, 1.807) is 11.3 Å². The van der Waals surface area contributed by atoms with Crippen molar-refractivity contribution in [3.8, 4) is 11.5 Å². The summed E-state index contributed by atoms with van der Waals surface area (Å²) in [5, 5.41) is -0.0179. The van der Waals surface area contributed by atoms with E-state index in [0.717, 1.165) is 6.07 Å². The normalized spacial score (nSPS) is 12.7. The predicted octanol–water partition coefficient (Wildman–Crippen LogP) is 5.68. The van der Waals surface area contributed by atoms with Gasteiger partial charge in [-0.15, -0.1) is 0 Å². The number of fused-ring (bicyclic) bond motifs is 3. The number of ether oxygens (including phenoxy) is 2. The molecule has 0 saturated carbocycles. The van der Waals surface area contributed by atoms with Crippen LogP contribution in [-0.2, 0) is 6.42 Å². The lowest BCUT2D eigenvalue weighted by Gasteiger charge is -2.16. The van der Waals surface area contributed by atoms with Crippen LogP contribution in [0, 0.1) is 6.92 Å². The van der Waals surface area contributed by atoms with Crippen molar-refractivity contribution >= 4 is 28.2 Å². The number of hydrogen-bond acceptors (Lipinski definition) is 4. The highest BCUT2D eigenvalue weighted by atomic mass is 35.5. The van der Waals surface area contributed by atoms with Gasteiger partial charge in [0.2, 0.25) is 0 Å². The quantitative estimate of drug-likeness (QED) is 0.449. The molecule has 1 aromatic carbocycles. The Labute approximate surface area is 171 Å². The molecule has 30 heavy (non-hydrogen) atoms. The fraction of sp³-hybridized carbons (Fsp3) is 0.444. The van der Waals surface area contributed by atoms with Crippen LogP contribution in [0.5, 0.6) is 11.5 Å². The summed E-state index contributed by atoms with van der Waals surface area (Å²) in [4.78, 5) is 8.54. The number of halogens is 7. The Morgan fingerprint density at radius 3 is 2.23 bits per heavy atom. The number of hydrogen-bond donors (Lipinski definition) is 0. The summed E-state index contributed by atoms with van der Waals surface area (Å²) >= 11 is 6.25. The number of aromatic nitrogens is 3. The lowest BCUT2D eigenvalue weighted by Crippen LogP contribution is -2.20. The highest BCUT2D eigenvalue weighted by molar-refractivity contribution is 6.33. The molecule has 3 aromatic rings. The third kappa shape index (κ3) is 4.82. The molecule has 0 atom stereocenters. The monoisotopic (exact) mass is 455 g/mol. The molecule has 0 spiro atoms. The van der Waals surface area contributed by atoms with Crippen LogP contribution in [-0.4, -0.2) is 39.9 Å². The molecular formula is C18H16ClF6N3O2. The van der Waals surface area contributed by atoms with Gasteiger partial charge in [0.05, 0.1) is 11.2 Å². The Kier molecular flexibility index (Phi) is 5.94. The minimum Gasteiger partial charge on any atom is -0.484 e. The van der Waals surface area contributed by atoms with Crippen molar-refractivity contribution in [2.24, 2.45) is 0 Å². The molecule has 0 fully saturated rings. The van der Waals surface area contributed by atoms with E-state index >= 15 is 0 Å². The van der Waals surface area contributed by atoms with E-state index in [1.807, 2.05) is 6.92 Å². The standard InChI is InChI=1S/C18H16ClF6N3O2/c1-3-4-13-26-9(2)15-16(19)27-14-11(28(13)15)5-10(29-7-17(20,21)22)6-12(14)30-8-18(23,24)25/h5-6H,3-4,7-8H2,1-2H3. The maximum Gasteiger partial charge on any atom is 0.422 e. The van der Waals surface area contributed by atoms with Gasteiger partial charge in [-0.05, 0) is 13.3 Å². The second-order valence-corrected chi connectivity index (χ2v) is 6.90. The van der Waals surface area contributed by atoms with E-state index in [4.69, 9.17) is 21.1 Å². The van der Waals surface area contributed by atoms with Crippen molar-refractivity contribution in [1.82, 2.24) is 14.4 Å². The Balaban J connectivity index is 2.26. The van der Waals surface area contributed by atoms with Crippen LogP contribution in [0.15, 0.2) is 12.1 Å². The van der Waals surface area contributed by atoms with E-state index in [2.05, 4.69) is 9.97 Å². The number of rotatable bonds is 6. The maximum absolute atomic E-state index is 12.7. The zero-order chi connectivity index (χ0) is 22.3. The summed E-state index contributed by atoms with van der Waals surface area (Å²) in [6.07, 6.45) is -8.10. The van der Waals surface area contributed by atoms with Crippen LogP contribution < -0.4 is 9.47 Å². The SMILES string of the molecule is CCCc1nc(C)c2c(Cl)nc3c(OCC(F)(F)F)cc(OCC(F)(F)F)cc3n12. The Bertz CT molecular complexity index is 1080. The van der Waals surface area contributed by atoms with E-state index in [0.29, 0.717) is 29.9 Å². The first-order valence-electron chi connectivity index (χ1n) is 8.80. The molecule has 5 nitrogen and oxygen atoms in total. The molecule has 0 N–H and O–H groups in total. The molecule has 0 unspecified atom stereocenters. The van der Waals surface area contributed by atoms with Crippen molar-refractivity contribution in [3.63, 3.8) is 0 Å². The molecule has 0 radical (unpaired) electrons. The Morgan fingerprint density at radius 1 is 1.00 bits per heavy atom. The van der Waals surface area contributed by atoms with Crippen molar-refractivity contribution in [2.75, 3.05) is 13.2 Å². The van der Waals surface area contributed by atoms with E-state index in [1.165, 1.54) is 6.07 Å². The third-order valence-electron chi connectivity index (χ3n) is 4.06. The van der Waals surface area contributed by atoms with Crippen LogP contribution in [0.4, 0.5) is 26.3 Å². The highest BCUT2D eigenvalue weighted by Gasteiger charge is 2.31. The van der Waals surface area contributed by atoms with Gasteiger partial charge in [0.25, 0.3) is 0 Å². The van der Waals surface area contributed by atoms with Gasteiger partial charge < -0.3 is 9.47 Å². The average molecular weight is 456 g/mol. The molecule has 0 amide bonds. The zero-order valence-electron chi connectivity index (χ0n) is 15.8. The number of aryl methyl sites for hydroxylation is 2. The largest absolute Gasteiger partial charge is 0.484 e. The van der Waals surface area contributed by atoms with Crippen molar-refractivity contribution in [1.29, 1.82) is 0 Å². The first-order chi connectivity index (χ1) is 13.9. The molecule has 3 rings (SSSR count). The van der Waals surface area contributed by atoms with Crippen LogP contribution in [0.25, 0.3) is 16.6 Å². The van der Waals surface area contributed by atoms with Crippen molar-refractivity contribution < 1.29 is 35.8 Å². The number of benzene rings is 1. The lowest BCUT2D eigenvalue weighted by atomic mass is 10.2. The van der Waals surface area contributed by atoms with E-state index < -0.39 is 31.3 Å². The minimum atomic E-state index is -4.66. The zero-order valence-corrected chi connectivity index (χ0v) is 16.5. The van der Waals surface area contributed by atoms with Gasteiger partial charge in [-0.1, -0.05) is 18.5 Å². The molecule has 2 heterocycles. The summed E-state index contributed by atoms with van der Waals surface area (Å²) < 4.78 is 86.9. The Hall–Kier alpha value is -2.43. The summed E-state index contributed by atoms with van der Waals surface area (Å²) in [6.45, 7) is 0.301. The second kappa shape index (κ2) is 8.01. The molecular weight excluding hydrogens is 440 g/mol. The molecule has 0 saturated heterocycles. The Morgan fingerprint density at radius 2 is 1.63 bits per heavy atom. The summed E-state index contributed by atoms with van der Waals surface area (Å²) in [6, 6.07) is 2.18. The van der Waals surface area contributed by atoms with Gasteiger partial charge in [0.15, 0.2) is 24.1 Å². The maximum atomic E-state index is 12.7. The molecule has 0 aliphatic carbocycles. The van der Waals surface area contributed by atoms with Gasteiger partial charge in [0, 0.05) is 18.6 Å². The topological polar surface area (TPSA) is 48.7 Å². The minimum absolute atomic E-state index is 0.0179. The summed E-state index contributed by atoms with van der Waals surface area (Å²) in [5.74, 6) is -0.190. The van der Waals surface area contributed by atoms with Gasteiger partial charge in [-0.25, -0.2) is 9.97 Å². The second-order valence-electron chi connectivity index (χ2n) is 6.55. The first-order valence-corrected chi connectivity index (χ1v) is 9.17. The fourth-order valence-electron chi connectivity index (χ4n) is 3.00. The first kappa shape index (κ1) is 22.3. The van der Waals surface area contributed by atoms with Crippen molar-refractivity contribution in [2.45, 2.75) is 39.0 Å². The van der Waals surface area contributed by atoms with Crippen molar-refractivity contribution in [3.05, 3.63) is 28.8 Å². The van der Waals surface area contributed by atoms with Gasteiger partial charge in [-0.2, -0.15) is 26.3 Å². The smallest absolute Gasteiger partial charge is 0.422 e. The molecule has 2 aromatic heterocycles. The van der Waals surface area contributed by atoms with Gasteiger partial charge >= 0.3 is 12.4 Å². The average Bonchev–Trinajstić information content (AvgIpc) is 2.95. The highest BCUT2D eigenvalue weighted by Crippen LogP contribution is 2.36. The molecule has 164 valence electrons. The third-order valence-corrected chi connectivity index (χ3v) is 4.33. The lowest BCUT2D eigenvalue weighted by molar-refractivity contribution is -0.153. The fourth-order valence-corrected chi connectivity index (χ4v) is 3.31. The van der Waals surface area contributed by atoms with Gasteiger partial charge in [0.1, 0.15) is 22.6 Å². The molecule has 0 bridgehead atoms. The van der Waals surface area contributed by atoms with Crippen LogP contribution in [0.1, 0.15) is 24.9 Å². The number of imidazole rings is 1. The number of alkyl halides is 6. The molecule has 0 aliphatic rings. The van der Waals surface area contributed by atoms with Gasteiger partial charge in [-0.3, -0.25) is 4.40 Å². The summed E-state index contributed by atoms with van der Waals surface area (Å²) in [5.41, 5.74) is 1.06. The summed E-state index contributed by atoms with van der Waals surface area (Å²) in [7, 11) is 0. The predicted molar refractivity (Wildman–Crippen MR) is 97.3 cm³/mol.